The van der Waals surface area contributed by atoms with E-state index in [4.69, 9.17) is 5.73 Å². The minimum Gasteiger partial charge on any atom is -0.490 e. The van der Waals surface area contributed by atoms with E-state index >= 15 is 0 Å². The molecule has 1 radical (unpaired) electrons. The van der Waals surface area contributed by atoms with Gasteiger partial charge in [-0.3, -0.25) is 0 Å². The van der Waals surface area contributed by atoms with Crippen molar-refractivity contribution in [3.8, 4) is 5.75 Å². The molecule has 2 nitrogen and oxygen atoms in total. The van der Waals surface area contributed by atoms with Gasteiger partial charge in [0.05, 0.1) is 0 Å². The third-order valence-electron chi connectivity index (χ3n) is 1.02. The number of benzene rings is 1. The van der Waals surface area contributed by atoms with Crippen molar-refractivity contribution in [3.63, 3.8) is 0 Å². The summed E-state index contributed by atoms with van der Waals surface area (Å²) < 4.78 is 4.66. The molecule has 1 aromatic rings. The van der Waals surface area contributed by atoms with Crippen molar-refractivity contribution in [2.75, 3.05) is 5.73 Å². The molecule has 0 amide bonds. The van der Waals surface area contributed by atoms with Gasteiger partial charge in [-0.2, -0.15) is 0 Å². The Morgan fingerprint density at radius 3 is 2.67 bits per heavy atom. The van der Waals surface area contributed by atoms with E-state index in [1.807, 2.05) is 6.07 Å². The lowest BCUT2D eigenvalue weighted by Crippen LogP contribution is -1.84. The summed E-state index contributed by atoms with van der Waals surface area (Å²) in [7, 11) is 3.24. The van der Waals surface area contributed by atoms with Gasteiger partial charge in [-0.05, 0) is 12.1 Å². The molecule has 0 spiro atoms. The normalized spacial score (nSPS) is 9.00. The van der Waals surface area contributed by atoms with E-state index in [9.17, 15) is 0 Å². The molecule has 0 fully saturated rings. The molecule has 0 bridgehead atoms. The van der Waals surface area contributed by atoms with Crippen molar-refractivity contribution >= 4 is 5.69 Å². The molecule has 0 aromatic heterocycles. The van der Waals surface area contributed by atoms with Crippen LogP contribution in [0.5, 0.6) is 5.75 Å². The molecule has 2 heteroatoms. The van der Waals surface area contributed by atoms with Gasteiger partial charge in [0.15, 0.2) is 0 Å². The highest BCUT2D eigenvalue weighted by molar-refractivity contribution is 5.43. The van der Waals surface area contributed by atoms with E-state index in [-0.39, 0.29) is 0 Å². The molecule has 0 heterocycles. The molecule has 0 aliphatic heterocycles. The van der Waals surface area contributed by atoms with Gasteiger partial charge in [-0.15, -0.1) is 0 Å². The molecule has 47 valence electrons. The average Bonchev–Trinajstić information content (AvgIpc) is 1.88. The van der Waals surface area contributed by atoms with E-state index in [0.717, 1.165) is 0 Å². The zero-order chi connectivity index (χ0) is 6.69. The first-order chi connectivity index (χ1) is 4.33. The molecule has 2 N–H and O–H groups in total. The van der Waals surface area contributed by atoms with Gasteiger partial charge in [0.1, 0.15) is 12.9 Å². The lowest BCUT2D eigenvalue weighted by Gasteiger charge is -1.97. The van der Waals surface area contributed by atoms with Gasteiger partial charge in [0.25, 0.3) is 0 Å². The second-order valence-corrected chi connectivity index (χ2v) is 1.72. The highest BCUT2D eigenvalue weighted by Gasteiger charge is 1.87. The topological polar surface area (TPSA) is 35.2 Å². The Morgan fingerprint density at radius 2 is 2.22 bits per heavy atom. The molecule has 0 aliphatic rings. The van der Waals surface area contributed by atoms with E-state index in [1.54, 1.807) is 18.2 Å². The van der Waals surface area contributed by atoms with E-state index < -0.39 is 0 Å². The Bertz CT molecular complexity index is 198. The number of anilines is 1. The maximum absolute atomic E-state index is 5.43. The van der Waals surface area contributed by atoms with Crippen LogP contribution in [0.15, 0.2) is 24.3 Å². The van der Waals surface area contributed by atoms with Gasteiger partial charge in [-0.1, -0.05) is 6.07 Å². The van der Waals surface area contributed by atoms with Gasteiger partial charge in [0, 0.05) is 11.8 Å². The number of rotatable bonds is 1. The van der Waals surface area contributed by atoms with Crippen LogP contribution < -0.4 is 10.5 Å². The monoisotopic (exact) mass is 122 g/mol. The molecule has 0 unspecified atom stereocenters. The predicted octanol–water partition coefficient (Wildman–Crippen LogP) is 1.44. The van der Waals surface area contributed by atoms with Crippen molar-refractivity contribution in [1.29, 1.82) is 0 Å². The third-order valence-corrected chi connectivity index (χ3v) is 1.02. The summed E-state index contributed by atoms with van der Waals surface area (Å²) in [6.07, 6.45) is 0. The number of nitrogen functional groups attached to an aromatic ring is 1. The molecule has 0 saturated heterocycles. The van der Waals surface area contributed by atoms with Crippen LogP contribution in [-0.2, 0) is 0 Å². The van der Waals surface area contributed by atoms with Gasteiger partial charge >= 0.3 is 0 Å². The van der Waals surface area contributed by atoms with Crippen molar-refractivity contribution in [1.82, 2.24) is 0 Å². The number of hydrogen-bond donors (Lipinski definition) is 1. The summed E-state index contributed by atoms with van der Waals surface area (Å²) in [6, 6.07) is 7.12. The van der Waals surface area contributed by atoms with Crippen molar-refractivity contribution in [2.24, 2.45) is 0 Å². The highest BCUT2D eigenvalue weighted by atomic mass is 16.5. The minimum absolute atomic E-state index is 0.690. The summed E-state index contributed by atoms with van der Waals surface area (Å²) in [6.45, 7) is 0. The van der Waals surface area contributed by atoms with Crippen molar-refractivity contribution < 1.29 is 4.74 Å². The molecule has 9 heavy (non-hydrogen) atoms. The number of ether oxygens (including phenoxy) is 1. The van der Waals surface area contributed by atoms with Crippen LogP contribution in [0.25, 0.3) is 0 Å². The van der Waals surface area contributed by atoms with Crippen LogP contribution >= 0.6 is 0 Å². The van der Waals surface area contributed by atoms with Crippen LogP contribution in [0, 0.1) is 7.11 Å². The highest BCUT2D eigenvalue weighted by Crippen LogP contribution is 2.13. The summed E-state index contributed by atoms with van der Waals surface area (Å²) >= 11 is 0. The lowest BCUT2D eigenvalue weighted by molar-refractivity contribution is 0.473. The fourth-order valence-electron chi connectivity index (χ4n) is 0.604. The first-order valence-electron chi connectivity index (χ1n) is 2.60. The lowest BCUT2D eigenvalue weighted by atomic mass is 10.3. The van der Waals surface area contributed by atoms with Crippen molar-refractivity contribution in [2.45, 2.75) is 0 Å². The number of nitrogens with two attached hydrogens (primary N) is 1. The van der Waals surface area contributed by atoms with E-state index in [1.165, 1.54) is 0 Å². The largest absolute Gasteiger partial charge is 0.490 e. The third kappa shape index (κ3) is 1.35. The fraction of sp³-hybridized carbons (Fsp3) is 0. The Hall–Kier alpha value is -1.18. The minimum atomic E-state index is 0.690. The van der Waals surface area contributed by atoms with Gasteiger partial charge < -0.3 is 10.5 Å². The first kappa shape index (κ1) is 5.95. The molecule has 0 aliphatic carbocycles. The van der Waals surface area contributed by atoms with Crippen LogP contribution in [0.4, 0.5) is 5.69 Å². The first-order valence-corrected chi connectivity index (χ1v) is 2.60. The Balaban J connectivity index is 2.94. The Morgan fingerprint density at radius 1 is 1.44 bits per heavy atom. The molecule has 1 rings (SSSR count). The van der Waals surface area contributed by atoms with Crippen molar-refractivity contribution in [3.05, 3.63) is 31.4 Å². The van der Waals surface area contributed by atoms with Crippen LogP contribution in [0.2, 0.25) is 0 Å². The van der Waals surface area contributed by atoms with E-state index in [2.05, 4.69) is 11.8 Å². The van der Waals surface area contributed by atoms with Crippen LogP contribution in [0.1, 0.15) is 0 Å². The summed E-state index contributed by atoms with van der Waals surface area (Å²) in [5.41, 5.74) is 6.12. The smallest absolute Gasteiger partial charge is 0.122 e. The fourth-order valence-corrected chi connectivity index (χ4v) is 0.604. The maximum Gasteiger partial charge on any atom is 0.122 e. The maximum atomic E-state index is 5.43. The molecule has 0 saturated carbocycles. The Kier molecular flexibility index (Phi) is 1.58. The number of hydrogen-bond acceptors (Lipinski definition) is 2. The predicted molar refractivity (Wildman–Crippen MR) is 36.8 cm³/mol. The van der Waals surface area contributed by atoms with Crippen LogP contribution in [-0.4, -0.2) is 0 Å². The standard InChI is InChI=1S/C7H8NO/c1-9-7-4-2-3-6(8)5-7/h2-5H,1,8H2. The molecule has 1 aromatic carbocycles. The molecule has 0 atom stereocenters. The van der Waals surface area contributed by atoms with E-state index in [0.29, 0.717) is 11.4 Å². The second kappa shape index (κ2) is 2.40. The molecular weight excluding hydrogens is 114 g/mol. The molecular formula is C7H8NO. The average molecular weight is 122 g/mol. The van der Waals surface area contributed by atoms with Gasteiger partial charge in [0.2, 0.25) is 0 Å². The SMILES string of the molecule is [CH2]Oc1cccc(N)c1. The summed E-state index contributed by atoms with van der Waals surface area (Å²) in [4.78, 5) is 0. The van der Waals surface area contributed by atoms with Gasteiger partial charge in [-0.25, -0.2) is 0 Å². The Labute approximate surface area is 54.2 Å². The summed E-state index contributed by atoms with van der Waals surface area (Å²) in [5, 5.41) is 0. The second-order valence-electron chi connectivity index (χ2n) is 1.72. The van der Waals surface area contributed by atoms with Crippen LogP contribution in [0.3, 0.4) is 0 Å². The zero-order valence-electron chi connectivity index (χ0n) is 5.00. The zero-order valence-corrected chi connectivity index (χ0v) is 5.00. The summed E-state index contributed by atoms with van der Waals surface area (Å²) in [5.74, 6) is 0.690. The quantitative estimate of drug-likeness (QED) is 0.572.